The van der Waals surface area contributed by atoms with Gasteiger partial charge in [-0.05, 0) is 12.5 Å². The minimum atomic E-state index is -3.86. The third kappa shape index (κ3) is 3.19. The summed E-state index contributed by atoms with van der Waals surface area (Å²) in [6.45, 7) is 3.50. The van der Waals surface area contributed by atoms with E-state index in [-0.39, 0.29) is 16.4 Å². The van der Waals surface area contributed by atoms with Crippen LogP contribution in [0.4, 0.5) is 11.4 Å². The zero-order valence-corrected chi connectivity index (χ0v) is 12.3. The molecule has 0 fully saturated rings. The molecule has 0 saturated carbocycles. The van der Waals surface area contributed by atoms with Crippen molar-refractivity contribution in [3.05, 3.63) is 45.9 Å². The van der Waals surface area contributed by atoms with Crippen LogP contribution in [-0.2, 0) is 16.4 Å². The van der Waals surface area contributed by atoms with E-state index < -0.39 is 14.9 Å². The van der Waals surface area contributed by atoms with Gasteiger partial charge in [0.15, 0.2) is 5.03 Å². The molecule has 0 saturated heterocycles. The molecular weight excluding hydrogens is 296 g/mol. The summed E-state index contributed by atoms with van der Waals surface area (Å²) in [6.07, 6.45) is 1.79. The van der Waals surface area contributed by atoms with Crippen molar-refractivity contribution >= 4 is 21.4 Å². The van der Waals surface area contributed by atoms with Gasteiger partial charge in [0.1, 0.15) is 5.82 Å². The Bertz CT molecular complexity index is 782. The van der Waals surface area contributed by atoms with Gasteiger partial charge in [-0.15, -0.1) is 0 Å². The fraction of sp³-hybridized carbons (Fsp3) is 0.250. The maximum absolute atomic E-state index is 12.2. The molecule has 21 heavy (non-hydrogen) atoms. The van der Waals surface area contributed by atoms with Crippen LogP contribution in [0.5, 0.6) is 0 Å². The Morgan fingerprint density at radius 2 is 2.14 bits per heavy atom. The van der Waals surface area contributed by atoms with Crippen LogP contribution >= 0.6 is 0 Å². The van der Waals surface area contributed by atoms with Crippen molar-refractivity contribution in [2.45, 2.75) is 25.3 Å². The third-order valence-corrected chi connectivity index (χ3v) is 4.18. The second-order valence-corrected chi connectivity index (χ2v) is 6.06. The Hall–Kier alpha value is -2.42. The maximum Gasteiger partial charge on any atom is 0.278 e. The Kier molecular flexibility index (Phi) is 3.94. The zero-order valence-electron chi connectivity index (χ0n) is 11.5. The van der Waals surface area contributed by atoms with Gasteiger partial charge in [-0.25, -0.2) is 4.98 Å². The van der Waals surface area contributed by atoms with Crippen molar-refractivity contribution in [2.75, 3.05) is 4.72 Å². The number of nitro benzene ring substituents is 1. The third-order valence-electron chi connectivity index (χ3n) is 2.91. The fourth-order valence-corrected chi connectivity index (χ4v) is 2.76. The van der Waals surface area contributed by atoms with E-state index in [4.69, 9.17) is 0 Å². The number of non-ortho nitro benzene ring substituents is 1. The average molecular weight is 310 g/mol. The molecule has 1 heterocycles. The Balaban J connectivity index is 2.36. The van der Waals surface area contributed by atoms with Crippen molar-refractivity contribution in [3.8, 4) is 0 Å². The summed E-state index contributed by atoms with van der Waals surface area (Å²) in [5.74, 6) is 0.547. The van der Waals surface area contributed by atoms with Gasteiger partial charge in [0.05, 0.1) is 16.8 Å². The number of nitro groups is 1. The number of imidazole rings is 1. The highest BCUT2D eigenvalue weighted by molar-refractivity contribution is 7.92. The quantitative estimate of drug-likeness (QED) is 0.646. The zero-order chi connectivity index (χ0) is 15.6. The maximum atomic E-state index is 12.2. The first kappa shape index (κ1) is 15.0. The monoisotopic (exact) mass is 310 g/mol. The van der Waals surface area contributed by atoms with Crippen molar-refractivity contribution < 1.29 is 13.3 Å². The molecule has 0 bridgehead atoms. The van der Waals surface area contributed by atoms with Crippen LogP contribution in [0.15, 0.2) is 29.4 Å². The van der Waals surface area contributed by atoms with E-state index in [1.807, 2.05) is 6.92 Å². The summed E-state index contributed by atoms with van der Waals surface area (Å²) in [4.78, 5) is 16.8. The minimum absolute atomic E-state index is 0.0785. The second-order valence-electron chi connectivity index (χ2n) is 4.41. The Labute approximate surface area is 121 Å². The second kappa shape index (κ2) is 5.52. The van der Waals surface area contributed by atoms with Crippen molar-refractivity contribution in [1.29, 1.82) is 0 Å². The number of hydrogen-bond acceptors (Lipinski definition) is 5. The number of anilines is 1. The van der Waals surface area contributed by atoms with Crippen molar-refractivity contribution in [1.82, 2.24) is 9.97 Å². The summed E-state index contributed by atoms with van der Waals surface area (Å²) in [6, 6.07) is 3.99. The molecule has 112 valence electrons. The lowest BCUT2D eigenvalue weighted by Gasteiger charge is -2.08. The van der Waals surface area contributed by atoms with E-state index in [1.54, 1.807) is 6.92 Å². The molecular formula is C12H14N4O4S. The predicted octanol–water partition coefficient (Wildman–Crippen LogP) is 1.99. The van der Waals surface area contributed by atoms with Gasteiger partial charge in [0.2, 0.25) is 0 Å². The largest absolute Gasteiger partial charge is 0.332 e. The lowest BCUT2D eigenvalue weighted by Crippen LogP contribution is -2.14. The summed E-state index contributed by atoms with van der Waals surface area (Å²) in [5, 5.41) is 10.7. The molecule has 2 N–H and O–H groups in total. The number of sulfonamides is 1. The summed E-state index contributed by atoms with van der Waals surface area (Å²) in [5.41, 5.74) is 0.563. The lowest BCUT2D eigenvalue weighted by molar-refractivity contribution is -0.384. The van der Waals surface area contributed by atoms with Crippen LogP contribution in [0, 0.1) is 17.0 Å². The molecule has 1 aromatic heterocycles. The number of benzene rings is 1. The Morgan fingerprint density at radius 1 is 1.43 bits per heavy atom. The van der Waals surface area contributed by atoms with Gasteiger partial charge in [-0.3, -0.25) is 14.8 Å². The molecule has 0 aliphatic carbocycles. The molecule has 1 aromatic carbocycles. The smallest absolute Gasteiger partial charge is 0.278 e. The summed E-state index contributed by atoms with van der Waals surface area (Å²) < 4.78 is 26.8. The van der Waals surface area contributed by atoms with Crippen LogP contribution in [0.1, 0.15) is 18.3 Å². The molecule has 8 nitrogen and oxygen atoms in total. The van der Waals surface area contributed by atoms with Crippen molar-refractivity contribution in [2.24, 2.45) is 0 Å². The molecule has 0 atom stereocenters. The van der Waals surface area contributed by atoms with Crippen LogP contribution in [-0.4, -0.2) is 23.3 Å². The molecule has 0 spiro atoms. The molecule has 0 unspecified atom stereocenters. The molecule has 0 aliphatic heterocycles. The first-order valence-electron chi connectivity index (χ1n) is 6.15. The number of aromatic nitrogens is 2. The number of nitrogens with one attached hydrogen (secondary N) is 2. The fourth-order valence-electron chi connectivity index (χ4n) is 1.69. The van der Waals surface area contributed by atoms with Crippen LogP contribution < -0.4 is 4.72 Å². The van der Waals surface area contributed by atoms with Gasteiger partial charge < -0.3 is 4.98 Å². The van der Waals surface area contributed by atoms with E-state index in [0.717, 1.165) is 0 Å². The first-order valence-corrected chi connectivity index (χ1v) is 7.63. The summed E-state index contributed by atoms with van der Waals surface area (Å²) in [7, 11) is -3.86. The van der Waals surface area contributed by atoms with Crippen LogP contribution in [0.25, 0.3) is 0 Å². The molecule has 0 radical (unpaired) electrons. The van der Waals surface area contributed by atoms with Crippen LogP contribution in [0.2, 0.25) is 0 Å². The van der Waals surface area contributed by atoms with Crippen molar-refractivity contribution in [3.63, 3.8) is 0 Å². The number of H-pyrrole nitrogens is 1. The van der Waals surface area contributed by atoms with Gasteiger partial charge in [-0.1, -0.05) is 13.0 Å². The molecule has 2 aromatic rings. The number of nitrogens with zero attached hydrogens (tertiary/aromatic N) is 2. The average Bonchev–Trinajstić information content (AvgIpc) is 2.90. The number of aromatic amines is 1. The number of hydrogen-bond donors (Lipinski definition) is 2. The standard InChI is InChI=1S/C12H14N4O4S/c1-3-11-13-7-12(14-11)21(19,20)15-10-6-9(16(17)18)5-4-8(10)2/h4-7,15H,3H2,1-2H3,(H,13,14). The van der Waals surface area contributed by atoms with Gasteiger partial charge >= 0.3 is 0 Å². The van der Waals surface area contributed by atoms with E-state index in [1.165, 1.54) is 24.4 Å². The highest BCUT2D eigenvalue weighted by Gasteiger charge is 2.19. The van der Waals surface area contributed by atoms with E-state index in [0.29, 0.717) is 17.8 Å². The lowest BCUT2D eigenvalue weighted by atomic mass is 10.2. The molecule has 0 amide bonds. The SMILES string of the molecule is CCc1ncc(S(=O)(=O)Nc2cc([N+](=O)[O-])ccc2C)[nH]1. The van der Waals surface area contributed by atoms with Crippen LogP contribution in [0.3, 0.4) is 0 Å². The molecule has 9 heteroatoms. The van der Waals surface area contributed by atoms with Gasteiger partial charge in [-0.2, -0.15) is 8.42 Å². The number of rotatable bonds is 5. The number of aryl methyl sites for hydroxylation is 2. The molecule has 2 rings (SSSR count). The normalized spacial score (nSPS) is 11.3. The Morgan fingerprint density at radius 3 is 2.71 bits per heavy atom. The summed E-state index contributed by atoms with van der Waals surface area (Å²) >= 11 is 0. The van der Waals surface area contributed by atoms with E-state index in [2.05, 4.69) is 14.7 Å². The minimum Gasteiger partial charge on any atom is -0.332 e. The highest BCUT2D eigenvalue weighted by Crippen LogP contribution is 2.24. The topological polar surface area (TPSA) is 118 Å². The van der Waals surface area contributed by atoms with Gasteiger partial charge in [0, 0.05) is 18.6 Å². The van der Waals surface area contributed by atoms with E-state index >= 15 is 0 Å². The molecule has 0 aliphatic rings. The predicted molar refractivity (Wildman–Crippen MR) is 76.6 cm³/mol. The van der Waals surface area contributed by atoms with Gasteiger partial charge in [0.25, 0.3) is 15.7 Å². The van der Waals surface area contributed by atoms with E-state index in [9.17, 15) is 18.5 Å². The first-order chi connectivity index (χ1) is 9.83. The highest BCUT2D eigenvalue weighted by atomic mass is 32.2.